The van der Waals surface area contributed by atoms with E-state index in [0.29, 0.717) is 12.5 Å². The van der Waals surface area contributed by atoms with Gasteiger partial charge in [-0.2, -0.15) is 0 Å². The molecule has 0 saturated heterocycles. The SMILES string of the molecule is COc1ccc(CN(CCN)CC(C)C)cc1F. The third-order valence-electron chi connectivity index (χ3n) is 2.69. The quantitative estimate of drug-likeness (QED) is 0.811. The fourth-order valence-corrected chi connectivity index (χ4v) is 2.00. The molecule has 4 heteroatoms. The van der Waals surface area contributed by atoms with Gasteiger partial charge >= 0.3 is 0 Å². The van der Waals surface area contributed by atoms with Gasteiger partial charge in [0.2, 0.25) is 0 Å². The molecule has 0 aliphatic rings. The Balaban J connectivity index is 2.71. The Labute approximate surface area is 109 Å². The van der Waals surface area contributed by atoms with E-state index in [9.17, 15) is 4.39 Å². The number of hydrogen-bond acceptors (Lipinski definition) is 3. The fourth-order valence-electron chi connectivity index (χ4n) is 2.00. The van der Waals surface area contributed by atoms with Crippen molar-refractivity contribution < 1.29 is 9.13 Å². The molecule has 0 aliphatic carbocycles. The largest absolute Gasteiger partial charge is 0.494 e. The number of halogens is 1. The van der Waals surface area contributed by atoms with Crippen LogP contribution in [0.15, 0.2) is 18.2 Å². The number of nitrogens with two attached hydrogens (primary N) is 1. The maximum absolute atomic E-state index is 13.6. The molecule has 1 aromatic carbocycles. The van der Waals surface area contributed by atoms with Gasteiger partial charge in [0.1, 0.15) is 0 Å². The summed E-state index contributed by atoms with van der Waals surface area (Å²) in [7, 11) is 1.47. The molecular weight excluding hydrogens is 231 g/mol. The lowest BCUT2D eigenvalue weighted by atomic mass is 10.1. The summed E-state index contributed by atoms with van der Waals surface area (Å²) in [5.41, 5.74) is 6.55. The number of ether oxygens (including phenoxy) is 1. The fraction of sp³-hybridized carbons (Fsp3) is 0.571. The van der Waals surface area contributed by atoms with Crippen LogP contribution in [0.2, 0.25) is 0 Å². The summed E-state index contributed by atoms with van der Waals surface area (Å²) in [5, 5.41) is 0. The van der Waals surface area contributed by atoms with Gasteiger partial charge in [0, 0.05) is 26.2 Å². The molecule has 0 spiro atoms. The Morgan fingerprint density at radius 1 is 1.39 bits per heavy atom. The van der Waals surface area contributed by atoms with Gasteiger partial charge in [0.05, 0.1) is 7.11 Å². The van der Waals surface area contributed by atoms with E-state index < -0.39 is 0 Å². The van der Waals surface area contributed by atoms with Crippen LogP contribution in [-0.2, 0) is 6.54 Å². The molecule has 0 amide bonds. The standard InChI is InChI=1S/C14H23FN2O/c1-11(2)9-17(7-6-16)10-12-4-5-14(18-3)13(15)8-12/h4-5,8,11H,6-7,9-10,16H2,1-3H3. The highest BCUT2D eigenvalue weighted by Crippen LogP contribution is 2.18. The van der Waals surface area contributed by atoms with Crippen LogP contribution in [0.25, 0.3) is 0 Å². The van der Waals surface area contributed by atoms with Gasteiger partial charge < -0.3 is 10.5 Å². The summed E-state index contributed by atoms with van der Waals surface area (Å²) >= 11 is 0. The van der Waals surface area contributed by atoms with E-state index in [1.165, 1.54) is 13.2 Å². The van der Waals surface area contributed by atoms with E-state index in [1.807, 2.05) is 6.07 Å². The first-order chi connectivity index (χ1) is 8.56. The highest BCUT2D eigenvalue weighted by atomic mass is 19.1. The van der Waals surface area contributed by atoms with Gasteiger partial charge in [-0.1, -0.05) is 19.9 Å². The van der Waals surface area contributed by atoms with Crippen molar-refractivity contribution in [2.45, 2.75) is 20.4 Å². The Hall–Kier alpha value is -1.13. The topological polar surface area (TPSA) is 38.5 Å². The van der Waals surface area contributed by atoms with Gasteiger partial charge in [-0.25, -0.2) is 4.39 Å². The Kier molecular flexibility index (Phi) is 6.09. The molecule has 0 fully saturated rings. The van der Waals surface area contributed by atoms with Crippen LogP contribution in [0.1, 0.15) is 19.4 Å². The zero-order chi connectivity index (χ0) is 13.5. The van der Waals surface area contributed by atoms with Crippen molar-refractivity contribution in [3.05, 3.63) is 29.6 Å². The summed E-state index contributed by atoms with van der Waals surface area (Å²) < 4.78 is 18.5. The van der Waals surface area contributed by atoms with E-state index in [-0.39, 0.29) is 11.6 Å². The summed E-state index contributed by atoms with van der Waals surface area (Å²) in [4.78, 5) is 2.24. The molecule has 0 aliphatic heterocycles. The highest BCUT2D eigenvalue weighted by molar-refractivity contribution is 5.29. The van der Waals surface area contributed by atoms with E-state index in [1.54, 1.807) is 6.07 Å². The molecular formula is C14H23FN2O. The van der Waals surface area contributed by atoms with Crippen LogP contribution >= 0.6 is 0 Å². The zero-order valence-electron chi connectivity index (χ0n) is 11.4. The first kappa shape index (κ1) is 14.9. The average molecular weight is 254 g/mol. The minimum absolute atomic E-state index is 0.285. The van der Waals surface area contributed by atoms with Crippen molar-refractivity contribution in [3.63, 3.8) is 0 Å². The molecule has 0 unspecified atom stereocenters. The third-order valence-corrected chi connectivity index (χ3v) is 2.69. The van der Waals surface area contributed by atoms with E-state index in [4.69, 9.17) is 10.5 Å². The summed E-state index contributed by atoms with van der Waals surface area (Å²) in [6, 6.07) is 5.09. The summed E-state index contributed by atoms with van der Waals surface area (Å²) in [6.45, 7) is 7.45. The number of methoxy groups -OCH3 is 1. The molecule has 1 aromatic rings. The van der Waals surface area contributed by atoms with E-state index in [2.05, 4.69) is 18.7 Å². The number of nitrogens with zero attached hydrogens (tertiary/aromatic N) is 1. The molecule has 0 atom stereocenters. The summed E-state index contributed by atoms with van der Waals surface area (Å²) in [6.07, 6.45) is 0. The van der Waals surface area contributed by atoms with Crippen molar-refractivity contribution in [2.75, 3.05) is 26.7 Å². The smallest absolute Gasteiger partial charge is 0.165 e. The van der Waals surface area contributed by atoms with Crippen molar-refractivity contribution >= 4 is 0 Å². The third kappa shape index (κ3) is 4.63. The summed E-state index contributed by atoms with van der Waals surface area (Å²) in [5.74, 6) is 0.542. The maximum Gasteiger partial charge on any atom is 0.165 e. The second-order valence-electron chi connectivity index (χ2n) is 4.89. The molecule has 18 heavy (non-hydrogen) atoms. The van der Waals surface area contributed by atoms with Crippen LogP contribution in [0.3, 0.4) is 0 Å². The Bertz CT molecular complexity index is 369. The average Bonchev–Trinajstić information content (AvgIpc) is 2.28. The normalized spacial score (nSPS) is 11.3. The molecule has 0 aromatic heterocycles. The van der Waals surface area contributed by atoms with Crippen LogP contribution in [-0.4, -0.2) is 31.6 Å². The van der Waals surface area contributed by atoms with Crippen molar-refractivity contribution in [2.24, 2.45) is 11.7 Å². The van der Waals surface area contributed by atoms with E-state index in [0.717, 1.165) is 25.2 Å². The van der Waals surface area contributed by atoms with Gasteiger partial charge in [-0.05, 0) is 23.6 Å². The molecule has 2 N–H and O–H groups in total. The minimum atomic E-state index is -0.313. The lowest BCUT2D eigenvalue weighted by molar-refractivity contribution is 0.242. The van der Waals surface area contributed by atoms with Crippen LogP contribution < -0.4 is 10.5 Å². The first-order valence-corrected chi connectivity index (χ1v) is 6.31. The number of rotatable bonds is 7. The molecule has 3 nitrogen and oxygen atoms in total. The molecule has 0 bridgehead atoms. The lowest BCUT2D eigenvalue weighted by Crippen LogP contribution is -2.32. The number of benzene rings is 1. The molecule has 1 rings (SSSR count). The number of hydrogen-bond donors (Lipinski definition) is 1. The minimum Gasteiger partial charge on any atom is -0.494 e. The second-order valence-corrected chi connectivity index (χ2v) is 4.89. The predicted octanol–water partition coefficient (Wildman–Crippen LogP) is 2.25. The lowest BCUT2D eigenvalue weighted by Gasteiger charge is -2.23. The zero-order valence-corrected chi connectivity index (χ0v) is 11.4. The predicted molar refractivity (Wildman–Crippen MR) is 72.1 cm³/mol. The first-order valence-electron chi connectivity index (χ1n) is 6.31. The van der Waals surface area contributed by atoms with Gasteiger partial charge in [0.15, 0.2) is 11.6 Å². The van der Waals surface area contributed by atoms with E-state index >= 15 is 0 Å². The highest BCUT2D eigenvalue weighted by Gasteiger charge is 2.09. The maximum atomic E-state index is 13.6. The Morgan fingerprint density at radius 3 is 2.61 bits per heavy atom. The molecule has 102 valence electrons. The van der Waals surface area contributed by atoms with Crippen LogP contribution in [0.4, 0.5) is 4.39 Å². The van der Waals surface area contributed by atoms with Crippen LogP contribution in [0.5, 0.6) is 5.75 Å². The van der Waals surface area contributed by atoms with Crippen molar-refractivity contribution in [3.8, 4) is 5.75 Å². The van der Waals surface area contributed by atoms with Gasteiger partial charge in [-0.3, -0.25) is 4.90 Å². The molecule has 0 saturated carbocycles. The second kappa shape index (κ2) is 7.34. The van der Waals surface area contributed by atoms with Crippen LogP contribution in [0, 0.1) is 11.7 Å². The molecule has 0 heterocycles. The van der Waals surface area contributed by atoms with Gasteiger partial charge in [0.25, 0.3) is 0 Å². The van der Waals surface area contributed by atoms with Crippen molar-refractivity contribution in [1.29, 1.82) is 0 Å². The molecule has 0 radical (unpaired) electrons. The van der Waals surface area contributed by atoms with Crippen molar-refractivity contribution in [1.82, 2.24) is 4.90 Å². The monoisotopic (exact) mass is 254 g/mol. The Morgan fingerprint density at radius 2 is 2.11 bits per heavy atom. The van der Waals surface area contributed by atoms with Gasteiger partial charge in [-0.15, -0.1) is 0 Å².